The van der Waals surface area contributed by atoms with Gasteiger partial charge in [-0.05, 0) is 32.9 Å². The minimum atomic E-state index is -0.490. The molecule has 0 bridgehead atoms. The largest absolute Gasteiger partial charge is 0.297 e. The number of ketones is 1. The number of carbonyl (C=O) groups is 1. The Morgan fingerprint density at radius 1 is 1.37 bits per heavy atom. The van der Waals surface area contributed by atoms with E-state index in [4.69, 9.17) is 0 Å². The third kappa shape index (κ3) is 2.24. The fourth-order valence-electron chi connectivity index (χ4n) is 1.83. The predicted molar refractivity (Wildman–Crippen MR) is 69.7 cm³/mol. The Balaban J connectivity index is 2.67. The second kappa shape index (κ2) is 4.64. The average Bonchev–Trinajstić information content (AvgIpc) is 2.69. The zero-order chi connectivity index (χ0) is 14.2. The highest BCUT2D eigenvalue weighted by Crippen LogP contribution is 2.26. The molecule has 2 aromatic rings. The molecule has 6 nitrogen and oxygen atoms in total. The van der Waals surface area contributed by atoms with E-state index in [9.17, 15) is 14.9 Å². The molecule has 0 saturated carbocycles. The summed E-state index contributed by atoms with van der Waals surface area (Å²) in [5, 5.41) is 11.1. The molecule has 0 radical (unpaired) electrons. The number of imidazole rings is 1. The Bertz CT molecular complexity index is 674. The first kappa shape index (κ1) is 12.9. The Kier molecular flexibility index (Phi) is 3.16. The highest BCUT2D eigenvalue weighted by Gasteiger charge is 2.19. The topological polar surface area (TPSA) is 78.0 Å². The summed E-state index contributed by atoms with van der Waals surface area (Å²) in [6.07, 6.45) is 1.54. The molecule has 0 fully saturated rings. The molecule has 0 atom stereocenters. The van der Waals surface area contributed by atoms with Gasteiger partial charge in [-0.15, -0.1) is 0 Å². The molecule has 0 saturated heterocycles. The quantitative estimate of drug-likeness (QED) is 0.482. The van der Waals surface area contributed by atoms with E-state index in [-0.39, 0.29) is 11.5 Å². The lowest BCUT2D eigenvalue weighted by molar-refractivity contribution is -0.384. The molecule has 1 aromatic heterocycles. The van der Waals surface area contributed by atoms with Crippen LogP contribution in [0.15, 0.2) is 24.5 Å². The smallest absolute Gasteiger partial charge is 0.293 e. The fraction of sp³-hybridized carbons (Fsp3) is 0.231. The molecule has 1 aromatic carbocycles. The molecule has 98 valence electrons. The molecule has 0 unspecified atom stereocenters. The van der Waals surface area contributed by atoms with E-state index in [0.29, 0.717) is 11.3 Å². The van der Waals surface area contributed by atoms with Gasteiger partial charge in [-0.2, -0.15) is 0 Å². The van der Waals surface area contributed by atoms with Gasteiger partial charge >= 0.3 is 0 Å². The lowest BCUT2D eigenvalue weighted by atomic mass is 10.1. The van der Waals surface area contributed by atoms with Gasteiger partial charge in [0.2, 0.25) is 0 Å². The lowest BCUT2D eigenvalue weighted by Gasteiger charge is -2.07. The third-order valence-corrected chi connectivity index (χ3v) is 3.09. The molecule has 0 aliphatic carbocycles. The summed E-state index contributed by atoms with van der Waals surface area (Å²) in [4.78, 5) is 26.1. The monoisotopic (exact) mass is 259 g/mol. The van der Waals surface area contributed by atoms with Gasteiger partial charge in [-0.1, -0.05) is 0 Å². The summed E-state index contributed by atoms with van der Waals surface area (Å²) < 4.78 is 1.65. The summed E-state index contributed by atoms with van der Waals surface area (Å²) in [6.45, 7) is 5.05. The highest BCUT2D eigenvalue weighted by atomic mass is 16.6. The van der Waals surface area contributed by atoms with E-state index in [1.54, 1.807) is 23.0 Å². The highest BCUT2D eigenvalue weighted by molar-refractivity contribution is 5.95. The summed E-state index contributed by atoms with van der Waals surface area (Å²) in [7, 11) is 0. The molecule has 0 spiro atoms. The summed E-state index contributed by atoms with van der Waals surface area (Å²) in [5.74, 6) is -0.201. The molecular formula is C13H13N3O3. The maximum atomic E-state index is 11.3. The number of nitro benzene ring substituents is 1. The molecule has 0 aliphatic rings. The molecule has 1 heterocycles. The van der Waals surface area contributed by atoms with Crippen LogP contribution in [0.1, 0.15) is 28.7 Å². The first-order valence-electron chi connectivity index (χ1n) is 5.72. The number of rotatable bonds is 3. The molecule has 0 amide bonds. The second-order valence-corrected chi connectivity index (χ2v) is 4.30. The van der Waals surface area contributed by atoms with E-state index in [1.807, 2.05) is 13.8 Å². The van der Waals surface area contributed by atoms with Gasteiger partial charge in [0, 0.05) is 17.3 Å². The SMILES string of the molecule is CC(=O)c1ccc(-n2cnc(C)c2C)c([N+](=O)[O-])c1. The van der Waals surface area contributed by atoms with Gasteiger partial charge in [0.25, 0.3) is 5.69 Å². The Morgan fingerprint density at radius 2 is 2.05 bits per heavy atom. The minimum Gasteiger partial charge on any atom is -0.297 e. The summed E-state index contributed by atoms with van der Waals surface area (Å²) in [5.41, 5.74) is 2.27. The number of hydrogen-bond donors (Lipinski definition) is 0. The predicted octanol–water partition coefficient (Wildman–Crippen LogP) is 2.60. The first-order chi connectivity index (χ1) is 8.91. The third-order valence-electron chi connectivity index (χ3n) is 3.09. The van der Waals surface area contributed by atoms with E-state index in [0.717, 1.165) is 11.4 Å². The van der Waals surface area contributed by atoms with Crippen LogP contribution in [0, 0.1) is 24.0 Å². The number of carbonyl (C=O) groups excluding carboxylic acids is 1. The van der Waals surface area contributed by atoms with Crippen LogP contribution in [0.4, 0.5) is 5.69 Å². The van der Waals surface area contributed by atoms with Crippen molar-refractivity contribution in [2.75, 3.05) is 0 Å². The second-order valence-electron chi connectivity index (χ2n) is 4.30. The van der Waals surface area contributed by atoms with Crippen molar-refractivity contribution in [3.8, 4) is 5.69 Å². The molecule has 0 N–H and O–H groups in total. The minimum absolute atomic E-state index is 0.104. The molecule has 2 rings (SSSR count). The number of hydrogen-bond acceptors (Lipinski definition) is 4. The van der Waals surface area contributed by atoms with Gasteiger partial charge in [0.1, 0.15) is 5.69 Å². The molecule has 19 heavy (non-hydrogen) atoms. The molecule has 0 aliphatic heterocycles. The maximum absolute atomic E-state index is 11.3. The number of nitro groups is 1. The van der Waals surface area contributed by atoms with E-state index in [2.05, 4.69) is 4.98 Å². The summed E-state index contributed by atoms with van der Waals surface area (Å²) >= 11 is 0. The van der Waals surface area contributed by atoms with Crippen molar-refractivity contribution < 1.29 is 9.72 Å². The van der Waals surface area contributed by atoms with Crippen molar-refractivity contribution in [1.29, 1.82) is 0 Å². The number of aromatic nitrogens is 2. The summed E-state index contributed by atoms with van der Waals surface area (Å²) in [6, 6.07) is 4.45. The van der Waals surface area contributed by atoms with E-state index < -0.39 is 4.92 Å². The van der Waals surface area contributed by atoms with Crippen molar-refractivity contribution >= 4 is 11.5 Å². The lowest BCUT2D eigenvalue weighted by Crippen LogP contribution is -2.03. The van der Waals surface area contributed by atoms with Gasteiger partial charge in [0.15, 0.2) is 5.78 Å². The molecular weight excluding hydrogens is 246 g/mol. The Morgan fingerprint density at radius 3 is 2.53 bits per heavy atom. The van der Waals surface area contributed by atoms with Gasteiger partial charge in [-0.25, -0.2) is 4.98 Å². The van der Waals surface area contributed by atoms with Crippen molar-refractivity contribution in [2.45, 2.75) is 20.8 Å². The molecule has 6 heteroatoms. The van der Waals surface area contributed by atoms with E-state index >= 15 is 0 Å². The van der Waals surface area contributed by atoms with Crippen LogP contribution in [0.2, 0.25) is 0 Å². The van der Waals surface area contributed by atoms with Crippen molar-refractivity contribution in [3.63, 3.8) is 0 Å². The van der Waals surface area contributed by atoms with Gasteiger partial charge < -0.3 is 0 Å². The zero-order valence-electron chi connectivity index (χ0n) is 10.9. The van der Waals surface area contributed by atoms with Crippen LogP contribution in [0.5, 0.6) is 0 Å². The average molecular weight is 259 g/mol. The fourth-order valence-corrected chi connectivity index (χ4v) is 1.83. The van der Waals surface area contributed by atoms with Crippen LogP contribution in [0.25, 0.3) is 5.69 Å². The maximum Gasteiger partial charge on any atom is 0.293 e. The van der Waals surface area contributed by atoms with Crippen LogP contribution in [0.3, 0.4) is 0 Å². The van der Waals surface area contributed by atoms with Crippen LogP contribution >= 0.6 is 0 Å². The number of aryl methyl sites for hydroxylation is 1. The number of nitrogens with zero attached hydrogens (tertiary/aromatic N) is 3. The van der Waals surface area contributed by atoms with Crippen molar-refractivity contribution in [2.24, 2.45) is 0 Å². The van der Waals surface area contributed by atoms with Crippen LogP contribution in [-0.2, 0) is 0 Å². The van der Waals surface area contributed by atoms with E-state index in [1.165, 1.54) is 13.0 Å². The number of Topliss-reactive ketones (excluding diaryl/α,β-unsaturated/α-hetero) is 1. The van der Waals surface area contributed by atoms with Gasteiger partial charge in [0.05, 0.1) is 16.9 Å². The van der Waals surface area contributed by atoms with Crippen LogP contribution in [-0.4, -0.2) is 20.3 Å². The standard InChI is InChI=1S/C13H13N3O3/c1-8-9(2)15(7-14-8)12-5-4-11(10(3)17)6-13(12)16(18)19/h4-7H,1-3H3. The number of benzene rings is 1. The zero-order valence-corrected chi connectivity index (χ0v) is 10.9. The van der Waals surface area contributed by atoms with Crippen molar-refractivity contribution in [1.82, 2.24) is 9.55 Å². The van der Waals surface area contributed by atoms with Gasteiger partial charge in [-0.3, -0.25) is 19.5 Å². The Hall–Kier alpha value is -2.50. The van der Waals surface area contributed by atoms with Crippen LogP contribution < -0.4 is 0 Å². The van der Waals surface area contributed by atoms with Crippen molar-refractivity contribution in [3.05, 3.63) is 51.6 Å². The Labute approximate surface area is 109 Å². The first-order valence-corrected chi connectivity index (χ1v) is 5.72. The normalized spacial score (nSPS) is 10.5.